The molecule has 0 bridgehead atoms. The van der Waals surface area contributed by atoms with E-state index in [0.29, 0.717) is 0 Å². The summed E-state index contributed by atoms with van der Waals surface area (Å²) in [6, 6.07) is 54.7. The van der Waals surface area contributed by atoms with Crippen molar-refractivity contribution in [1.29, 1.82) is 0 Å². The SMILES string of the molecule is c1ccc(Cc2ccc(-c3ccc(-c4ccc5c(c4)c4ccccc4n5-c4ccccc4)cc3)cc2)cc1. The Morgan fingerprint density at radius 3 is 1.58 bits per heavy atom. The maximum atomic E-state index is 2.36. The summed E-state index contributed by atoms with van der Waals surface area (Å²) in [7, 11) is 0. The van der Waals surface area contributed by atoms with Crippen molar-refractivity contribution in [3.05, 3.63) is 163 Å². The molecule has 38 heavy (non-hydrogen) atoms. The van der Waals surface area contributed by atoms with Gasteiger partial charge in [0.1, 0.15) is 0 Å². The molecule has 0 radical (unpaired) electrons. The quantitative estimate of drug-likeness (QED) is 0.229. The first-order valence-corrected chi connectivity index (χ1v) is 13.2. The predicted molar refractivity (Wildman–Crippen MR) is 161 cm³/mol. The third kappa shape index (κ3) is 4.09. The first-order valence-electron chi connectivity index (χ1n) is 13.2. The van der Waals surface area contributed by atoms with Gasteiger partial charge in [-0.2, -0.15) is 0 Å². The van der Waals surface area contributed by atoms with Gasteiger partial charge in [-0.05, 0) is 70.1 Å². The second kappa shape index (κ2) is 9.53. The third-order valence-corrected chi connectivity index (χ3v) is 7.44. The van der Waals surface area contributed by atoms with Crippen LogP contribution >= 0.6 is 0 Å². The van der Waals surface area contributed by atoms with Crippen molar-refractivity contribution >= 4 is 21.8 Å². The van der Waals surface area contributed by atoms with Crippen LogP contribution in [0.4, 0.5) is 0 Å². The van der Waals surface area contributed by atoms with Gasteiger partial charge in [0.05, 0.1) is 11.0 Å². The van der Waals surface area contributed by atoms with Crippen LogP contribution in [0.5, 0.6) is 0 Å². The molecule has 1 aromatic heterocycles. The minimum atomic E-state index is 0.962. The first-order chi connectivity index (χ1) is 18.8. The van der Waals surface area contributed by atoms with E-state index in [1.54, 1.807) is 0 Å². The van der Waals surface area contributed by atoms with E-state index in [0.717, 1.165) is 6.42 Å². The summed E-state index contributed by atoms with van der Waals surface area (Å²) in [5.41, 5.74) is 11.3. The van der Waals surface area contributed by atoms with Crippen molar-refractivity contribution in [2.45, 2.75) is 6.42 Å². The maximum Gasteiger partial charge on any atom is 0.0541 e. The van der Waals surface area contributed by atoms with E-state index in [9.17, 15) is 0 Å². The lowest BCUT2D eigenvalue weighted by Crippen LogP contribution is -1.92. The van der Waals surface area contributed by atoms with Crippen molar-refractivity contribution in [3.8, 4) is 27.9 Å². The fourth-order valence-electron chi connectivity index (χ4n) is 5.51. The smallest absolute Gasteiger partial charge is 0.0541 e. The van der Waals surface area contributed by atoms with Gasteiger partial charge in [-0.15, -0.1) is 0 Å². The summed E-state index contributed by atoms with van der Waals surface area (Å²) in [6.45, 7) is 0. The standard InChI is InChI=1S/C37H27N/c1-3-9-27(10-4-1)25-28-15-17-29(18-16-28)30-19-21-31(22-20-30)32-23-24-37-35(26-32)34-13-7-8-14-36(34)38(37)33-11-5-2-6-12-33/h1-24,26H,25H2. The average Bonchev–Trinajstić information content (AvgIpc) is 3.32. The second-order valence-corrected chi connectivity index (χ2v) is 9.86. The number of hydrogen-bond acceptors (Lipinski definition) is 0. The molecule has 0 unspecified atom stereocenters. The summed E-state index contributed by atoms with van der Waals surface area (Å²) in [6.07, 6.45) is 0.962. The number of aromatic nitrogens is 1. The average molecular weight is 486 g/mol. The molecule has 0 N–H and O–H groups in total. The Labute approximate surface area is 223 Å². The molecule has 0 atom stereocenters. The molecule has 7 rings (SSSR count). The highest BCUT2D eigenvalue weighted by Gasteiger charge is 2.13. The fraction of sp³-hybridized carbons (Fsp3) is 0.0270. The van der Waals surface area contributed by atoms with Crippen molar-refractivity contribution in [1.82, 2.24) is 4.57 Å². The molecule has 0 aliphatic heterocycles. The van der Waals surface area contributed by atoms with Crippen LogP contribution in [-0.2, 0) is 6.42 Å². The van der Waals surface area contributed by atoms with Crippen LogP contribution in [0.3, 0.4) is 0 Å². The topological polar surface area (TPSA) is 4.93 Å². The molecule has 0 saturated heterocycles. The highest BCUT2D eigenvalue weighted by molar-refractivity contribution is 6.10. The lowest BCUT2D eigenvalue weighted by atomic mass is 9.97. The Morgan fingerprint density at radius 2 is 0.868 bits per heavy atom. The van der Waals surface area contributed by atoms with Crippen LogP contribution in [0.1, 0.15) is 11.1 Å². The van der Waals surface area contributed by atoms with Crippen LogP contribution < -0.4 is 0 Å². The molecular weight excluding hydrogens is 458 g/mol. The van der Waals surface area contributed by atoms with Crippen molar-refractivity contribution < 1.29 is 0 Å². The van der Waals surface area contributed by atoms with Gasteiger partial charge in [0.25, 0.3) is 0 Å². The number of rotatable bonds is 5. The number of hydrogen-bond donors (Lipinski definition) is 0. The van der Waals surface area contributed by atoms with Gasteiger partial charge in [-0.3, -0.25) is 0 Å². The zero-order chi connectivity index (χ0) is 25.3. The van der Waals surface area contributed by atoms with Gasteiger partial charge < -0.3 is 4.57 Å². The first kappa shape index (κ1) is 22.3. The Kier molecular flexibility index (Phi) is 5.60. The molecule has 1 nitrogen and oxygen atoms in total. The zero-order valence-corrected chi connectivity index (χ0v) is 21.1. The molecular formula is C37H27N. The molecule has 0 fully saturated rings. The van der Waals surface area contributed by atoms with Crippen LogP contribution in [0, 0.1) is 0 Å². The molecule has 0 spiro atoms. The monoisotopic (exact) mass is 485 g/mol. The number of fused-ring (bicyclic) bond motifs is 3. The van der Waals surface area contributed by atoms with Crippen molar-refractivity contribution in [2.75, 3.05) is 0 Å². The summed E-state index contributed by atoms with van der Waals surface area (Å²) in [5, 5.41) is 2.56. The minimum Gasteiger partial charge on any atom is -0.309 e. The van der Waals surface area contributed by atoms with Crippen LogP contribution in [0.2, 0.25) is 0 Å². The Bertz CT molecular complexity index is 1840. The second-order valence-electron chi connectivity index (χ2n) is 9.86. The van der Waals surface area contributed by atoms with Crippen LogP contribution in [-0.4, -0.2) is 4.57 Å². The number of para-hydroxylation sites is 2. The highest BCUT2D eigenvalue weighted by atomic mass is 15.0. The van der Waals surface area contributed by atoms with Gasteiger partial charge in [0.2, 0.25) is 0 Å². The van der Waals surface area contributed by atoms with Crippen LogP contribution in [0.25, 0.3) is 49.7 Å². The lowest BCUT2D eigenvalue weighted by molar-refractivity contribution is 1.18. The van der Waals surface area contributed by atoms with E-state index in [2.05, 4.69) is 156 Å². The Morgan fingerprint density at radius 1 is 0.368 bits per heavy atom. The van der Waals surface area contributed by atoms with Gasteiger partial charge in [-0.1, -0.05) is 121 Å². The third-order valence-electron chi connectivity index (χ3n) is 7.44. The maximum absolute atomic E-state index is 2.36. The predicted octanol–water partition coefficient (Wildman–Crippen LogP) is 9.71. The molecule has 180 valence electrons. The van der Waals surface area contributed by atoms with E-state index in [1.807, 2.05) is 0 Å². The van der Waals surface area contributed by atoms with Gasteiger partial charge in [0, 0.05) is 16.5 Å². The van der Waals surface area contributed by atoms with E-state index < -0.39 is 0 Å². The molecule has 0 amide bonds. The van der Waals surface area contributed by atoms with E-state index in [4.69, 9.17) is 0 Å². The number of nitrogens with zero attached hydrogens (tertiary/aromatic N) is 1. The fourth-order valence-corrected chi connectivity index (χ4v) is 5.51. The molecule has 1 heterocycles. The summed E-state index contributed by atoms with van der Waals surface area (Å²) < 4.78 is 2.36. The minimum absolute atomic E-state index is 0.962. The van der Waals surface area contributed by atoms with Crippen molar-refractivity contribution in [2.24, 2.45) is 0 Å². The lowest BCUT2D eigenvalue weighted by Gasteiger charge is -2.09. The molecule has 0 aliphatic carbocycles. The van der Waals surface area contributed by atoms with Gasteiger partial charge >= 0.3 is 0 Å². The summed E-state index contributed by atoms with van der Waals surface area (Å²) in [4.78, 5) is 0. The molecule has 0 aliphatic rings. The van der Waals surface area contributed by atoms with Gasteiger partial charge in [-0.25, -0.2) is 0 Å². The van der Waals surface area contributed by atoms with Crippen LogP contribution in [0.15, 0.2) is 152 Å². The normalized spacial score (nSPS) is 11.3. The van der Waals surface area contributed by atoms with E-state index in [-0.39, 0.29) is 0 Å². The summed E-state index contributed by atoms with van der Waals surface area (Å²) >= 11 is 0. The molecule has 7 aromatic rings. The zero-order valence-electron chi connectivity index (χ0n) is 21.1. The van der Waals surface area contributed by atoms with Crippen molar-refractivity contribution in [3.63, 3.8) is 0 Å². The van der Waals surface area contributed by atoms with E-state index >= 15 is 0 Å². The Balaban J connectivity index is 1.21. The summed E-state index contributed by atoms with van der Waals surface area (Å²) in [5.74, 6) is 0. The molecule has 0 saturated carbocycles. The largest absolute Gasteiger partial charge is 0.309 e. The molecule has 1 heteroatoms. The van der Waals surface area contributed by atoms with Gasteiger partial charge in [0.15, 0.2) is 0 Å². The highest BCUT2D eigenvalue weighted by Crippen LogP contribution is 2.35. The molecule has 6 aromatic carbocycles. The Hall–Kier alpha value is -4.88. The van der Waals surface area contributed by atoms with E-state index in [1.165, 1.54) is 60.9 Å². The number of benzene rings is 6.